The molecule has 0 heterocycles. The van der Waals surface area contributed by atoms with Crippen molar-refractivity contribution < 1.29 is 0 Å². The van der Waals surface area contributed by atoms with Crippen LogP contribution in [0.3, 0.4) is 0 Å². The lowest BCUT2D eigenvalue weighted by atomic mass is 10.1. The van der Waals surface area contributed by atoms with E-state index in [0.29, 0.717) is 0 Å². The van der Waals surface area contributed by atoms with E-state index in [0.717, 1.165) is 29.8 Å². The molecule has 13 heavy (non-hydrogen) atoms. The van der Waals surface area contributed by atoms with Crippen LogP contribution in [-0.2, 0) is 6.42 Å². The smallest absolute Gasteiger partial charge is 0.0994 e. The average Bonchev–Trinajstić information content (AvgIpc) is 2.18. The molecule has 1 aromatic rings. The lowest BCUT2D eigenvalue weighted by molar-refractivity contribution is 1.12. The predicted molar refractivity (Wildman–Crippen MR) is 54.7 cm³/mol. The van der Waals surface area contributed by atoms with Crippen molar-refractivity contribution in [3.05, 3.63) is 29.3 Å². The number of nitrogens with zero attached hydrogens (tertiary/aromatic N) is 1. The first-order valence-corrected chi connectivity index (χ1v) is 4.58. The molecule has 0 atom stereocenters. The Hall–Kier alpha value is -1.49. The van der Waals surface area contributed by atoms with Gasteiger partial charge >= 0.3 is 0 Å². The molecule has 0 radical (unpaired) electrons. The van der Waals surface area contributed by atoms with Gasteiger partial charge in [0.25, 0.3) is 0 Å². The number of nitrogens with one attached hydrogen (secondary N) is 1. The highest BCUT2D eigenvalue weighted by Gasteiger charge is 2.00. The molecule has 0 aliphatic rings. The summed E-state index contributed by atoms with van der Waals surface area (Å²) in [5.74, 6) is 0. The summed E-state index contributed by atoms with van der Waals surface area (Å²) >= 11 is 0. The van der Waals surface area contributed by atoms with Gasteiger partial charge < -0.3 is 5.32 Å². The van der Waals surface area contributed by atoms with Crippen molar-refractivity contribution >= 4 is 5.69 Å². The molecule has 0 unspecified atom stereocenters. The number of nitriles is 1. The third kappa shape index (κ3) is 2.22. The lowest BCUT2D eigenvalue weighted by Crippen LogP contribution is -1.98. The largest absolute Gasteiger partial charge is 0.385 e. The molecule has 2 nitrogen and oxygen atoms in total. The van der Waals surface area contributed by atoms with Gasteiger partial charge in [0.2, 0.25) is 0 Å². The van der Waals surface area contributed by atoms with Crippen LogP contribution in [0.2, 0.25) is 0 Å². The summed E-state index contributed by atoms with van der Waals surface area (Å²) in [6.07, 6.45) is 0.905. The molecule has 0 aliphatic heterocycles. The summed E-state index contributed by atoms with van der Waals surface area (Å²) < 4.78 is 0. The Morgan fingerprint density at radius 3 is 2.69 bits per heavy atom. The summed E-state index contributed by atoms with van der Waals surface area (Å²) in [5.41, 5.74) is 2.99. The minimum atomic E-state index is 0.782. The van der Waals surface area contributed by atoms with Crippen molar-refractivity contribution in [1.29, 1.82) is 5.26 Å². The van der Waals surface area contributed by atoms with E-state index in [4.69, 9.17) is 5.26 Å². The summed E-state index contributed by atoms with van der Waals surface area (Å²) in [6.45, 7) is 5.03. The summed E-state index contributed by atoms with van der Waals surface area (Å²) in [5, 5.41) is 12.0. The first-order valence-electron chi connectivity index (χ1n) is 4.58. The summed E-state index contributed by atoms with van der Waals surface area (Å²) in [4.78, 5) is 0. The van der Waals surface area contributed by atoms with Crippen LogP contribution >= 0.6 is 0 Å². The standard InChI is InChI=1S/C11H14N2/c1-3-9-7-11(13-4-2)6-5-10(9)8-12/h5-7,13H,3-4H2,1-2H3. The molecule has 1 aromatic carbocycles. The average molecular weight is 174 g/mol. The number of benzene rings is 1. The van der Waals surface area contributed by atoms with Crippen molar-refractivity contribution in [2.45, 2.75) is 20.3 Å². The third-order valence-electron chi connectivity index (χ3n) is 1.99. The summed E-state index contributed by atoms with van der Waals surface area (Å²) in [6, 6.07) is 8.05. The fraction of sp³-hybridized carbons (Fsp3) is 0.364. The lowest BCUT2D eigenvalue weighted by Gasteiger charge is -2.06. The zero-order valence-corrected chi connectivity index (χ0v) is 8.09. The molecule has 0 fully saturated rings. The second-order valence-electron chi connectivity index (χ2n) is 2.87. The Morgan fingerprint density at radius 1 is 1.38 bits per heavy atom. The van der Waals surface area contributed by atoms with Crippen molar-refractivity contribution in [3.8, 4) is 6.07 Å². The van der Waals surface area contributed by atoms with Crippen LogP contribution in [0.15, 0.2) is 18.2 Å². The van der Waals surface area contributed by atoms with Gasteiger partial charge in [0.05, 0.1) is 11.6 Å². The van der Waals surface area contributed by atoms with Crippen LogP contribution in [0, 0.1) is 11.3 Å². The third-order valence-corrected chi connectivity index (χ3v) is 1.99. The van der Waals surface area contributed by atoms with Crippen molar-refractivity contribution in [2.75, 3.05) is 11.9 Å². The van der Waals surface area contributed by atoms with Gasteiger partial charge in [-0.15, -0.1) is 0 Å². The number of rotatable bonds is 3. The van der Waals surface area contributed by atoms with Gasteiger partial charge in [-0.1, -0.05) is 6.92 Å². The molecule has 0 saturated heterocycles. The van der Waals surface area contributed by atoms with Crippen LogP contribution < -0.4 is 5.32 Å². The minimum Gasteiger partial charge on any atom is -0.385 e. The molecular formula is C11H14N2. The number of hydrogen-bond acceptors (Lipinski definition) is 2. The van der Waals surface area contributed by atoms with E-state index in [1.807, 2.05) is 18.2 Å². The number of hydrogen-bond donors (Lipinski definition) is 1. The minimum absolute atomic E-state index is 0.782. The molecule has 2 heteroatoms. The van der Waals surface area contributed by atoms with E-state index >= 15 is 0 Å². The zero-order valence-electron chi connectivity index (χ0n) is 8.09. The molecule has 0 bridgehead atoms. The Morgan fingerprint density at radius 2 is 2.15 bits per heavy atom. The molecule has 0 saturated carbocycles. The van der Waals surface area contributed by atoms with Gasteiger partial charge in [-0.05, 0) is 37.1 Å². The maximum Gasteiger partial charge on any atom is 0.0994 e. The quantitative estimate of drug-likeness (QED) is 0.764. The van der Waals surface area contributed by atoms with E-state index in [1.165, 1.54) is 0 Å². The molecule has 68 valence electrons. The maximum absolute atomic E-state index is 8.80. The monoisotopic (exact) mass is 174 g/mol. The summed E-state index contributed by atoms with van der Waals surface area (Å²) in [7, 11) is 0. The SMILES string of the molecule is CCNc1ccc(C#N)c(CC)c1. The van der Waals surface area contributed by atoms with Gasteiger partial charge in [-0.25, -0.2) is 0 Å². The highest BCUT2D eigenvalue weighted by atomic mass is 14.8. The van der Waals surface area contributed by atoms with Crippen LogP contribution in [0.5, 0.6) is 0 Å². The fourth-order valence-corrected chi connectivity index (χ4v) is 1.31. The van der Waals surface area contributed by atoms with E-state index < -0.39 is 0 Å². The topological polar surface area (TPSA) is 35.8 Å². The van der Waals surface area contributed by atoms with Crippen molar-refractivity contribution in [2.24, 2.45) is 0 Å². The van der Waals surface area contributed by atoms with Gasteiger partial charge in [0.1, 0.15) is 0 Å². The molecule has 0 spiro atoms. The molecule has 1 N–H and O–H groups in total. The van der Waals surface area contributed by atoms with Gasteiger partial charge in [-0.3, -0.25) is 0 Å². The Balaban J connectivity index is 3.00. The van der Waals surface area contributed by atoms with Crippen LogP contribution in [0.1, 0.15) is 25.0 Å². The van der Waals surface area contributed by atoms with E-state index in [1.54, 1.807) is 0 Å². The predicted octanol–water partition coefficient (Wildman–Crippen LogP) is 2.55. The maximum atomic E-state index is 8.80. The Labute approximate surface area is 79.2 Å². The van der Waals surface area contributed by atoms with Gasteiger partial charge in [-0.2, -0.15) is 5.26 Å². The second-order valence-corrected chi connectivity index (χ2v) is 2.87. The second kappa shape index (κ2) is 4.51. The van der Waals surface area contributed by atoms with E-state index in [2.05, 4.69) is 25.2 Å². The normalized spacial score (nSPS) is 9.31. The number of anilines is 1. The number of aryl methyl sites for hydroxylation is 1. The van der Waals surface area contributed by atoms with Gasteiger partial charge in [0, 0.05) is 12.2 Å². The Bertz CT molecular complexity index is 323. The molecule has 1 rings (SSSR count). The molecular weight excluding hydrogens is 160 g/mol. The van der Waals surface area contributed by atoms with E-state index in [-0.39, 0.29) is 0 Å². The van der Waals surface area contributed by atoms with Gasteiger partial charge in [0.15, 0.2) is 0 Å². The molecule has 0 aliphatic carbocycles. The zero-order chi connectivity index (χ0) is 9.68. The first kappa shape index (κ1) is 9.60. The van der Waals surface area contributed by atoms with E-state index in [9.17, 15) is 0 Å². The molecule has 0 aromatic heterocycles. The van der Waals surface area contributed by atoms with Crippen LogP contribution in [-0.4, -0.2) is 6.54 Å². The first-order chi connectivity index (χ1) is 6.31. The van der Waals surface area contributed by atoms with Crippen LogP contribution in [0.4, 0.5) is 5.69 Å². The molecule has 0 amide bonds. The van der Waals surface area contributed by atoms with Crippen LogP contribution in [0.25, 0.3) is 0 Å². The highest BCUT2D eigenvalue weighted by molar-refractivity contribution is 5.51. The Kier molecular flexibility index (Phi) is 3.33. The highest BCUT2D eigenvalue weighted by Crippen LogP contribution is 2.15. The van der Waals surface area contributed by atoms with Crippen molar-refractivity contribution in [3.63, 3.8) is 0 Å². The van der Waals surface area contributed by atoms with Crippen molar-refractivity contribution in [1.82, 2.24) is 0 Å². The fourth-order valence-electron chi connectivity index (χ4n) is 1.31.